The van der Waals surface area contributed by atoms with E-state index < -0.39 is 36.0 Å². The molecule has 0 aromatic rings. The van der Waals surface area contributed by atoms with Crippen molar-refractivity contribution in [2.24, 2.45) is 0 Å². The topological polar surface area (TPSA) is 112 Å². The van der Waals surface area contributed by atoms with E-state index in [-0.39, 0.29) is 30.3 Å². The zero-order valence-electron chi connectivity index (χ0n) is 22.7. The molecule has 0 rings (SSSR count). The Kier molecular flexibility index (Phi) is 18.3. The number of allylic oxidation sites excluding steroid dienone is 2. The molecule has 0 bridgehead atoms. The molecule has 0 aromatic heterocycles. The van der Waals surface area contributed by atoms with Crippen molar-refractivity contribution < 1.29 is 34.2 Å². The average molecular weight is 499 g/mol. The molecule has 204 valence electrons. The first-order valence-electron chi connectivity index (χ1n) is 13.9. The van der Waals surface area contributed by atoms with Crippen LogP contribution in [0.5, 0.6) is 0 Å². The Morgan fingerprint density at radius 1 is 0.571 bits per heavy atom. The molecule has 0 radical (unpaired) electrons. The molecule has 7 nitrogen and oxygen atoms in total. The third-order valence-electron chi connectivity index (χ3n) is 7.09. The number of aliphatic carboxylic acids is 3. The van der Waals surface area contributed by atoms with E-state index in [9.17, 15) is 29.7 Å². The van der Waals surface area contributed by atoms with Gasteiger partial charge in [-0.2, -0.15) is 0 Å². The minimum atomic E-state index is -1.09. The molecule has 0 saturated carbocycles. The summed E-state index contributed by atoms with van der Waals surface area (Å²) in [7, 11) is 0. The first-order chi connectivity index (χ1) is 16.7. The van der Waals surface area contributed by atoms with Crippen LogP contribution in [0.25, 0.3) is 0 Å². The number of carboxylic acids is 3. The molecule has 35 heavy (non-hydrogen) atoms. The van der Waals surface area contributed by atoms with E-state index in [1.54, 1.807) is 0 Å². The molecule has 3 N–H and O–H groups in total. The number of quaternary nitrogens is 1. The average Bonchev–Trinajstić information content (AvgIpc) is 2.81. The van der Waals surface area contributed by atoms with E-state index in [1.165, 1.54) is 12.8 Å². The summed E-state index contributed by atoms with van der Waals surface area (Å²) in [4.78, 5) is 37.5. The second-order valence-electron chi connectivity index (χ2n) is 9.82. The Balaban J connectivity index is 5.74. The highest BCUT2D eigenvalue weighted by atomic mass is 16.4. The number of carbonyl (C=O) groups is 3. The van der Waals surface area contributed by atoms with Crippen LogP contribution >= 0.6 is 0 Å². The van der Waals surface area contributed by atoms with Gasteiger partial charge >= 0.3 is 17.9 Å². The van der Waals surface area contributed by atoms with Crippen LogP contribution in [0.4, 0.5) is 0 Å². The van der Waals surface area contributed by atoms with Crippen LogP contribution < -0.4 is 0 Å². The molecule has 0 heterocycles. The predicted molar refractivity (Wildman–Crippen MR) is 140 cm³/mol. The minimum Gasteiger partial charge on any atom is -0.477 e. The fourth-order valence-electron chi connectivity index (χ4n) is 5.38. The lowest BCUT2D eigenvalue weighted by Gasteiger charge is -2.50. The highest BCUT2D eigenvalue weighted by Gasteiger charge is 2.56. The van der Waals surface area contributed by atoms with E-state index in [0.29, 0.717) is 25.7 Å². The fraction of sp³-hybridized carbons (Fsp3) is 0.821. The normalized spacial score (nSPS) is 16.0. The number of hydrogen-bond donors (Lipinski definition) is 3. The summed E-state index contributed by atoms with van der Waals surface area (Å²) in [5.74, 6) is -3.27. The smallest absolute Gasteiger partial charge is 0.362 e. The van der Waals surface area contributed by atoms with Gasteiger partial charge < -0.3 is 15.3 Å². The van der Waals surface area contributed by atoms with Gasteiger partial charge in [0.25, 0.3) is 0 Å². The molecule has 0 aliphatic carbocycles. The lowest BCUT2D eigenvalue weighted by Crippen LogP contribution is -2.72. The van der Waals surface area contributed by atoms with Gasteiger partial charge in [0.15, 0.2) is 18.1 Å². The third kappa shape index (κ3) is 11.1. The van der Waals surface area contributed by atoms with Crippen LogP contribution in [0.15, 0.2) is 12.2 Å². The molecule has 0 aromatic carbocycles. The van der Waals surface area contributed by atoms with E-state index >= 15 is 0 Å². The Labute approximate surface area is 213 Å². The second kappa shape index (κ2) is 19.3. The molecule has 0 saturated heterocycles. The molecule has 0 aliphatic heterocycles. The van der Waals surface area contributed by atoms with Crippen LogP contribution in [0.1, 0.15) is 124 Å². The van der Waals surface area contributed by atoms with Gasteiger partial charge in [-0.15, -0.1) is 0 Å². The summed E-state index contributed by atoms with van der Waals surface area (Å²) in [6.45, 7) is 8.05. The summed E-state index contributed by atoms with van der Waals surface area (Å²) in [6.07, 6.45) is 16.1. The van der Waals surface area contributed by atoms with Crippen LogP contribution in [0.3, 0.4) is 0 Å². The number of nitrogens with zero attached hydrogens (tertiary/aromatic N) is 1. The summed E-state index contributed by atoms with van der Waals surface area (Å²) < 4.78 is -0.379. The Hall–Kier alpha value is -1.89. The van der Waals surface area contributed by atoms with Crippen LogP contribution in [-0.2, 0) is 14.4 Å². The summed E-state index contributed by atoms with van der Waals surface area (Å²) in [5, 5.41) is 30.6. The maximum absolute atomic E-state index is 12.5. The van der Waals surface area contributed by atoms with Gasteiger partial charge in [-0.1, -0.05) is 65.5 Å². The molecule has 0 spiro atoms. The molecule has 0 fully saturated rings. The zero-order chi connectivity index (χ0) is 26.7. The van der Waals surface area contributed by atoms with Crippen molar-refractivity contribution in [1.29, 1.82) is 0 Å². The van der Waals surface area contributed by atoms with Crippen LogP contribution in [0.2, 0.25) is 0 Å². The second-order valence-corrected chi connectivity index (χ2v) is 9.82. The van der Waals surface area contributed by atoms with Gasteiger partial charge in [0.2, 0.25) is 0 Å². The Morgan fingerprint density at radius 3 is 1.31 bits per heavy atom. The molecule has 3 unspecified atom stereocenters. The molecule has 0 aliphatic rings. The first kappa shape index (κ1) is 33.1. The number of carboxylic acid groups (broad SMARTS) is 3. The molecular weight excluding hydrogens is 446 g/mol. The number of rotatable bonds is 23. The van der Waals surface area contributed by atoms with Crippen molar-refractivity contribution in [2.75, 3.05) is 6.54 Å². The molecule has 0 amide bonds. The quantitative estimate of drug-likeness (QED) is 0.0826. The van der Waals surface area contributed by atoms with Gasteiger partial charge in [0.1, 0.15) is 0 Å². The van der Waals surface area contributed by atoms with Gasteiger partial charge in [0.05, 0.1) is 6.54 Å². The van der Waals surface area contributed by atoms with Gasteiger partial charge in [-0.25, -0.2) is 14.4 Å². The Morgan fingerprint density at radius 2 is 0.943 bits per heavy atom. The van der Waals surface area contributed by atoms with Crippen molar-refractivity contribution in [2.45, 2.75) is 142 Å². The predicted octanol–water partition coefficient (Wildman–Crippen LogP) is 6.65. The van der Waals surface area contributed by atoms with Crippen LogP contribution in [0, 0.1) is 0 Å². The van der Waals surface area contributed by atoms with Crippen molar-refractivity contribution in [1.82, 2.24) is 0 Å². The van der Waals surface area contributed by atoms with Gasteiger partial charge in [-0.3, -0.25) is 4.48 Å². The van der Waals surface area contributed by atoms with Crippen molar-refractivity contribution >= 4 is 17.9 Å². The molecular formula is C28H52NO6+. The van der Waals surface area contributed by atoms with E-state index in [0.717, 1.165) is 38.5 Å². The summed E-state index contributed by atoms with van der Waals surface area (Å²) >= 11 is 0. The van der Waals surface area contributed by atoms with Crippen LogP contribution in [-0.4, -0.2) is 62.4 Å². The lowest BCUT2D eigenvalue weighted by atomic mass is 9.91. The monoisotopic (exact) mass is 498 g/mol. The summed E-state index contributed by atoms with van der Waals surface area (Å²) in [6, 6.07) is -3.14. The van der Waals surface area contributed by atoms with Crippen molar-refractivity contribution in [3.05, 3.63) is 12.2 Å². The SMILES string of the molecule is CCCC/C=C/CCCCCCC[N+](C(CCC)C(=O)O)(C(CCC)C(=O)O)C(CCC)C(=O)O. The van der Waals surface area contributed by atoms with E-state index in [2.05, 4.69) is 19.1 Å². The Bertz CT molecular complexity index is 573. The maximum Gasteiger partial charge on any atom is 0.362 e. The number of unbranched alkanes of at least 4 members (excludes halogenated alkanes) is 7. The lowest BCUT2D eigenvalue weighted by molar-refractivity contribution is -0.973. The van der Waals surface area contributed by atoms with Gasteiger partial charge in [0, 0.05) is 19.3 Å². The van der Waals surface area contributed by atoms with E-state index in [1.807, 2.05) is 20.8 Å². The van der Waals surface area contributed by atoms with Crippen molar-refractivity contribution in [3.8, 4) is 0 Å². The first-order valence-corrected chi connectivity index (χ1v) is 13.9. The standard InChI is InChI=1S/C28H51NO6/c1-5-9-10-11-12-13-14-15-16-17-18-22-29(23(19-6-2)26(30)31,24(20-7-3)27(32)33)25(21-8-4)28(34)35/h11-12,23-25H,5-10,13-22H2,1-4H3,(H2-,30,31,32,33,34,35)/p+1/b12-11+. The fourth-order valence-corrected chi connectivity index (χ4v) is 5.38. The van der Waals surface area contributed by atoms with E-state index in [4.69, 9.17) is 0 Å². The minimum absolute atomic E-state index is 0.265. The van der Waals surface area contributed by atoms with Gasteiger partial charge in [-0.05, 0) is 51.4 Å². The maximum atomic E-state index is 12.5. The van der Waals surface area contributed by atoms with Crippen molar-refractivity contribution in [3.63, 3.8) is 0 Å². The largest absolute Gasteiger partial charge is 0.477 e. The zero-order valence-corrected chi connectivity index (χ0v) is 22.7. The molecule has 7 heteroatoms. The summed E-state index contributed by atoms with van der Waals surface area (Å²) in [5.41, 5.74) is 0. The highest BCUT2D eigenvalue weighted by molar-refractivity contribution is 5.78. The third-order valence-corrected chi connectivity index (χ3v) is 7.09. The number of hydrogen-bond acceptors (Lipinski definition) is 3. The molecule has 3 atom stereocenters. The highest BCUT2D eigenvalue weighted by Crippen LogP contribution is 2.34.